The van der Waals surface area contributed by atoms with Crippen LogP contribution in [0.25, 0.3) is 0 Å². The molecule has 0 N–H and O–H groups in total. The number of hydrogen-bond donors (Lipinski definition) is 0. The van der Waals surface area contributed by atoms with Crippen molar-refractivity contribution in [1.29, 1.82) is 0 Å². The molecular weight excluding hydrogens is 369 g/mol. The Morgan fingerprint density at radius 1 is 1.21 bits per heavy atom. The smallest absolute Gasteiger partial charge is 0.411 e. The number of likely N-dealkylation sites (N-methyl/N-ethyl adjacent to an activating group) is 1. The number of alkyl halides is 1. The molecule has 28 heavy (non-hydrogen) atoms. The number of carbonyl (C=O) groups is 3. The first-order chi connectivity index (χ1) is 13.0. The van der Waals surface area contributed by atoms with Gasteiger partial charge in [0.05, 0.1) is 13.0 Å². The van der Waals surface area contributed by atoms with E-state index in [9.17, 15) is 18.8 Å². The molecule has 8 nitrogen and oxygen atoms in total. The number of carbonyl (C=O) groups excluding carboxylic acids is 3. The van der Waals surface area contributed by atoms with E-state index in [0.717, 1.165) is 0 Å². The Bertz CT molecular complexity index is 589. The molecule has 2 amide bonds. The van der Waals surface area contributed by atoms with Gasteiger partial charge in [-0.1, -0.05) is 0 Å². The Morgan fingerprint density at radius 3 is 2.39 bits per heavy atom. The van der Waals surface area contributed by atoms with E-state index in [-0.39, 0.29) is 5.91 Å². The van der Waals surface area contributed by atoms with Crippen molar-refractivity contribution in [3.8, 4) is 0 Å². The Kier molecular flexibility index (Phi) is 7.25. The predicted molar refractivity (Wildman–Crippen MR) is 100 cm³/mol. The number of ether oxygens (including phenoxy) is 2. The third-order valence-corrected chi connectivity index (χ3v) is 5.06. The van der Waals surface area contributed by atoms with Crippen molar-refractivity contribution in [2.75, 3.05) is 46.9 Å². The van der Waals surface area contributed by atoms with Crippen molar-refractivity contribution >= 4 is 18.0 Å². The predicted octanol–water partition coefficient (Wildman–Crippen LogP) is 1.29. The van der Waals surface area contributed by atoms with Gasteiger partial charge in [0, 0.05) is 39.8 Å². The van der Waals surface area contributed by atoms with Crippen LogP contribution in [-0.2, 0) is 19.1 Å². The zero-order valence-electron chi connectivity index (χ0n) is 17.4. The molecule has 0 saturated carbocycles. The highest BCUT2D eigenvalue weighted by atomic mass is 19.1. The SMILES string of the molecule is COC(=O)[C@H]1[C@@H](C(=O)N(C)CCN2CC(F)C2)CCCN1C(=O)OC(C)(C)C. The summed E-state index contributed by atoms with van der Waals surface area (Å²) >= 11 is 0. The molecule has 0 aromatic carbocycles. The number of amides is 2. The molecule has 0 aromatic heterocycles. The summed E-state index contributed by atoms with van der Waals surface area (Å²) in [5.41, 5.74) is -0.711. The van der Waals surface area contributed by atoms with E-state index in [1.165, 1.54) is 12.0 Å². The van der Waals surface area contributed by atoms with E-state index in [2.05, 4.69) is 0 Å². The lowest BCUT2D eigenvalue weighted by molar-refractivity contribution is -0.156. The topological polar surface area (TPSA) is 79.4 Å². The van der Waals surface area contributed by atoms with E-state index in [1.807, 2.05) is 4.90 Å². The van der Waals surface area contributed by atoms with Crippen molar-refractivity contribution in [3.63, 3.8) is 0 Å². The molecule has 0 radical (unpaired) electrons. The summed E-state index contributed by atoms with van der Waals surface area (Å²) in [4.78, 5) is 42.8. The van der Waals surface area contributed by atoms with Crippen LogP contribution in [0.4, 0.5) is 9.18 Å². The van der Waals surface area contributed by atoms with Gasteiger partial charge in [-0.25, -0.2) is 14.0 Å². The van der Waals surface area contributed by atoms with Crippen molar-refractivity contribution in [3.05, 3.63) is 0 Å². The fraction of sp³-hybridized carbons (Fsp3) is 0.842. The van der Waals surface area contributed by atoms with Gasteiger partial charge in [0.2, 0.25) is 5.91 Å². The fourth-order valence-electron chi connectivity index (χ4n) is 3.57. The summed E-state index contributed by atoms with van der Waals surface area (Å²) in [5, 5.41) is 0. The van der Waals surface area contributed by atoms with E-state index in [4.69, 9.17) is 9.47 Å². The van der Waals surface area contributed by atoms with Gasteiger partial charge in [0.15, 0.2) is 0 Å². The lowest BCUT2D eigenvalue weighted by Gasteiger charge is -2.40. The van der Waals surface area contributed by atoms with Crippen LogP contribution in [0.3, 0.4) is 0 Å². The second kappa shape index (κ2) is 9.07. The van der Waals surface area contributed by atoms with Gasteiger partial charge in [-0.3, -0.25) is 14.6 Å². The third kappa shape index (κ3) is 5.56. The average molecular weight is 401 g/mol. The lowest BCUT2D eigenvalue weighted by Crippen LogP contribution is -2.58. The standard InChI is InChI=1S/C19H32FN3O5/c1-19(2,3)28-18(26)23-8-6-7-14(15(23)17(25)27-5)16(24)21(4)9-10-22-11-13(20)12-22/h13-15H,6-12H2,1-5H3/t14-,15+/m0/s1. The van der Waals surface area contributed by atoms with Gasteiger partial charge in [-0.2, -0.15) is 0 Å². The molecule has 0 aromatic rings. The summed E-state index contributed by atoms with van der Waals surface area (Å²) in [6.45, 7) is 7.36. The van der Waals surface area contributed by atoms with Gasteiger partial charge >= 0.3 is 12.1 Å². The maximum Gasteiger partial charge on any atom is 0.411 e. The number of esters is 1. The molecule has 2 aliphatic rings. The number of halogens is 1. The van der Waals surface area contributed by atoms with Crippen LogP contribution < -0.4 is 0 Å². The monoisotopic (exact) mass is 401 g/mol. The van der Waals surface area contributed by atoms with Crippen LogP contribution in [0.1, 0.15) is 33.6 Å². The Hall–Kier alpha value is -1.90. The summed E-state index contributed by atoms with van der Waals surface area (Å²) in [6.07, 6.45) is -0.339. The van der Waals surface area contributed by atoms with Crippen molar-refractivity contribution < 1.29 is 28.2 Å². The van der Waals surface area contributed by atoms with E-state index >= 15 is 0 Å². The minimum absolute atomic E-state index is 0.221. The van der Waals surface area contributed by atoms with Crippen LogP contribution in [0.2, 0.25) is 0 Å². The second-order valence-electron chi connectivity index (χ2n) is 8.51. The minimum Gasteiger partial charge on any atom is -0.467 e. The number of rotatable bonds is 5. The molecule has 2 saturated heterocycles. The first kappa shape index (κ1) is 22.4. The molecular formula is C19H32FN3O5. The fourth-order valence-corrected chi connectivity index (χ4v) is 3.57. The third-order valence-electron chi connectivity index (χ3n) is 5.06. The van der Waals surface area contributed by atoms with Gasteiger partial charge in [0.25, 0.3) is 0 Å². The number of likely N-dealkylation sites (tertiary alicyclic amines) is 2. The molecule has 2 fully saturated rings. The zero-order chi connectivity index (χ0) is 21.1. The summed E-state index contributed by atoms with van der Waals surface area (Å²) < 4.78 is 23.2. The van der Waals surface area contributed by atoms with E-state index < -0.39 is 35.8 Å². The molecule has 2 atom stereocenters. The highest BCUT2D eigenvalue weighted by Gasteiger charge is 2.45. The zero-order valence-corrected chi connectivity index (χ0v) is 17.4. The van der Waals surface area contributed by atoms with Gasteiger partial charge in [0.1, 0.15) is 17.8 Å². The number of nitrogens with zero attached hydrogens (tertiary/aromatic N) is 3. The largest absolute Gasteiger partial charge is 0.467 e. The maximum atomic E-state index is 13.0. The number of methoxy groups -OCH3 is 1. The summed E-state index contributed by atoms with van der Waals surface area (Å²) in [7, 11) is 2.91. The first-order valence-electron chi connectivity index (χ1n) is 9.72. The molecule has 2 aliphatic heterocycles. The van der Waals surface area contributed by atoms with Gasteiger partial charge < -0.3 is 14.4 Å². The molecule has 2 rings (SSSR count). The number of hydrogen-bond acceptors (Lipinski definition) is 6. The minimum atomic E-state index is -1.01. The molecule has 2 heterocycles. The quantitative estimate of drug-likeness (QED) is 0.646. The van der Waals surface area contributed by atoms with Crippen LogP contribution in [0.15, 0.2) is 0 Å². The van der Waals surface area contributed by atoms with E-state index in [1.54, 1.807) is 32.7 Å². The molecule has 0 bridgehead atoms. The van der Waals surface area contributed by atoms with Gasteiger partial charge in [-0.15, -0.1) is 0 Å². The normalized spacial score (nSPS) is 23.7. The summed E-state index contributed by atoms with van der Waals surface area (Å²) in [5.74, 6) is -1.54. The molecule has 0 aliphatic carbocycles. The van der Waals surface area contributed by atoms with Crippen molar-refractivity contribution in [2.24, 2.45) is 5.92 Å². The van der Waals surface area contributed by atoms with Gasteiger partial charge in [-0.05, 0) is 33.6 Å². The Morgan fingerprint density at radius 2 is 1.86 bits per heavy atom. The molecule has 9 heteroatoms. The van der Waals surface area contributed by atoms with Crippen LogP contribution in [0, 0.1) is 5.92 Å². The highest BCUT2D eigenvalue weighted by Crippen LogP contribution is 2.28. The maximum absolute atomic E-state index is 13.0. The first-order valence-corrected chi connectivity index (χ1v) is 9.72. The number of piperidine rings is 1. The van der Waals surface area contributed by atoms with Crippen molar-refractivity contribution in [1.82, 2.24) is 14.7 Å². The second-order valence-corrected chi connectivity index (χ2v) is 8.51. The van der Waals surface area contributed by atoms with Crippen LogP contribution in [-0.4, -0.2) is 97.4 Å². The molecule has 160 valence electrons. The van der Waals surface area contributed by atoms with E-state index in [0.29, 0.717) is 45.6 Å². The lowest BCUT2D eigenvalue weighted by atomic mass is 9.88. The highest BCUT2D eigenvalue weighted by molar-refractivity contribution is 5.90. The summed E-state index contributed by atoms with van der Waals surface area (Å²) in [6, 6.07) is -1.01. The van der Waals surface area contributed by atoms with Crippen molar-refractivity contribution in [2.45, 2.75) is 51.4 Å². The Balaban J connectivity index is 2.07. The van der Waals surface area contributed by atoms with Crippen LogP contribution in [0.5, 0.6) is 0 Å². The molecule has 0 spiro atoms. The van der Waals surface area contributed by atoms with Crippen LogP contribution >= 0.6 is 0 Å². The Labute approximate surface area is 165 Å². The average Bonchev–Trinajstić information content (AvgIpc) is 2.60. The molecule has 0 unspecified atom stereocenters.